The van der Waals surface area contributed by atoms with Crippen molar-refractivity contribution in [2.75, 3.05) is 13.2 Å². The molecular formula is C24H25Cl2N3O3. The van der Waals surface area contributed by atoms with Gasteiger partial charge in [-0.1, -0.05) is 65.7 Å². The first-order valence-electron chi connectivity index (χ1n) is 10.6. The number of carbonyl (C=O) groups is 1. The number of benzene rings is 2. The van der Waals surface area contributed by atoms with Crippen molar-refractivity contribution in [3.05, 3.63) is 87.6 Å². The number of hydrogen-bond donors (Lipinski definition) is 1. The highest BCUT2D eigenvalue weighted by Gasteiger charge is 2.20. The fourth-order valence-corrected chi connectivity index (χ4v) is 4.08. The zero-order valence-corrected chi connectivity index (χ0v) is 19.1. The molecule has 1 aliphatic heterocycles. The van der Waals surface area contributed by atoms with Gasteiger partial charge in [-0.25, -0.2) is 4.98 Å². The van der Waals surface area contributed by atoms with E-state index >= 15 is 0 Å². The Labute approximate surface area is 197 Å². The minimum Gasteiger partial charge on any atom is -0.447 e. The lowest BCUT2D eigenvalue weighted by Crippen LogP contribution is -2.32. The summed E-state index contributed by atoms with van der Waals surface area (Å²) in [6, 6.07) is 15.7. The number of rotatable bonds is 9. The second-order valence-electron chi connectivity index (χ2n) is 7.82. The van der Waals surface area contributed by atoms with Gasteiger partial charge in [0, 0.05) is 26.2 Å². The van der Waals surface area contributed by atoms with Gasteiger partial charge in [0.1, 0.15) is 6.26 Å². The third-order valence-corrected chi connectivity index (χ3v) is 6.19. The van der Waals surface area contributed by atoms with Gasteiger partial charge in [0.05, 0.1) is 22.7 Å². The first-order valence-corrected chi connectivity index (χ1v) is 11.4. The minimum atomic E-state index is -0.261. The average Bonchev–Trinajstić information content (AvgIpc) is 3.48. The zero-order chi connectivity index (χ0) is 22.3. The standard InChI is InChI=1S/C24H25Cl2N3O3/c25-20-10-4-8-18(23(20)26)14-29(13-17-6-2-1-3-7-17)15-22-28-21(16-32-22)24(30)27-12-19-9-5-11-31-19/h1-4,6-8,10,16,19H,5,9,11-15H2,(H,27,30)/t19-/m1/s1. The van der Waals surface area contributed by atoms with E-state index in [4.69, 9.17) is 32.4 Å². The summed E-state index contributed by atoms with van der Waals surface area (Å²) >= 11 is 12.6. The topological polar surface area (TPSA) is 67.6 Å². The van der Waals surface area contributed by atoms with Crippen molar-refractivity contribution < 1.29 is 13.9 Å². The van der Waals surface area contributed by atoms with Gasteiger partial charge in [0.2, 0.25) is 5.89 Å². The number of halogens is 2. The molecule has 0 radical (unpaired) electrons. The highest BCUT2D eigenvalue weighted by molar-refractivity contribution is 6.42. The lowest BCUT2D eigenvalue weighted by atomic mass is 10.1. The zero-order valence-electron chi connectivity index (χ0n) is 17.6. The third kappa shape index (κ3) is 6.11. The smallest absolute Gasteiger partial charge is 0.273 e. The Bertz CT molecular complexity index is 1040. The lowest BCUT2D eigenvalue weighted by Gasteiger charge is -2.22. The van der Waals surface area contributed by atoms with Crippen molar-refractivity contribution in [3.63, 3.8) is 0 Å². The molecule has 2 aromatic carbocycles. The van der Waals surface area contributed by atoms with E-state index in [0.29, 0.717) is 42.1 Å². The molecule has 0 saturated carbocycles. The van der Waals surface area contributed by atoms with Crippen molar-refractivity contribution in [2.45, 2.75) is 38.6 Å². The molecule has 1 aliphatic rings. The van der Waals surface area contributed by atoms with E-state index in [-0.39, 0.29) is 17.7 Å². The first-order chi connectivity index (χ1) is 15.6. The lowest BCUT2D eigenvalue weighted by molar-refractivity contribution is 0.0853. The Kier molecular flexibility index (Phi) is 7.81. The maximum atomic E-state index is 12.4. The summed E-state index contributed by atoms with van der Waals surface area (Å²) < 4.78 is 11.2. The SMILES string of the molecule is O=C(NC[C@H]1CCCO1)c1coc(CN(Cc2ccccc2)Cc2cccc(Cl)c2Cl)n1. The van der Waals surface area contributed by atoms with Crippen molar-refractivity contribution >= 4 is 29.1 Å². The third-order valence-electron chi connectivity index (χ3n) is 5.33. The monoisotopic (exact) mass is 473 g/mol. The van der Waals surface area contributed by atoms with Crippen molar-refractivity contribution in [1.29, 1.82) is 0 Å². The molecule has 1 aromatic heterocycles. The Morgan fingerprint density at radius 2 is 1.94 bits per heavy atom. The summed E-state index contributed by atoms with van der Waals surface area (Å²) in [4.78, 5) is 19.0. The van der Waals surface area contributed by atoms with Crippen LogP contribution >= 0.6 is 23.2 Å². The van der Waals surface area contributed by atoms with Crippen LogP contribution in [0.2, 0.25) is 10.0 Å². The van der Waals surface area contributed by atoms with Gasteiger partial charge in [0.25, 0.3) is 5.91 Å². The molecule has 1 fully saturated rings. The molecule has 0 bridgehead atoms. The Hall–Kier alpha value is -2.38. The molecule has 1 atom stereocenters. The van der Waals surface area contributed by atoms with Crippen LogP contribution in [0.25, 0.3) is 0 Å². The molecule has 2 heterocycles. The van der Waals surface area contributed by atoms with Gasteiger partial charge < -0.3 is 14.5 Å². The summed E-state index contributed by atoms with van der Waals surface area (Å²) in [5.41, 5.74) is 2.32. The molecule has 6 nitrogen and oxygen atoms in total. The molecule has 32 heavy (non-hydrogen) atoms. The second-order valence-corrected chi connectivity index (χ2v) is 8.60. The number of oxazole rings is 1. The number of ether oxygens (including phenoxy) is 1. The van der Waals surface area contributed by atoms with E-state index in [1.165, 1.54) is 6.26 Å². The van der Waals surface area contributed by atoms with Gasteiger partial charge in [-0.15, -0.1) is 0 Å². The summed E-state index contributed by atoms with van der Waals surface area (Å²) in [5, 5.41) is 3.92. The molecular weight excluding hydrogens is 449 g/mol. The second kappa shape index (κ2) is 11.0. The van der Waals surface area contributed by atoms with E-state index in [9.17, 15) is 4.79 Å². The Morgan fingerprint density at radius 1 is 1.09 bits per heavy atom. The molecule has 1 amide bonds. The largest absolute Gasteiger partial charge is 0.447 e. The average molecular weight is 474 g/mol. The first kappa shape index (κ1) is 22.8. The molecule has 3 aromatic rings. The Morgan fingerprint density at radius 3 is 2.72 bits per heavy atom. The number of aromatic nitrogens is 1. The fraction of sp³-hybridized carbons (Fsp3) is 0.333. The number of nitrogens with one attached hydrogen (secondary N) is 1. The van der Waals surface area contributed by atoms with Gasteiger partial charge >= 0.3 is 0 Å². The van der Waals surface area contributed by atoms with Crippen LogP contribution in [0, 0.1) is 0 Å². The maximum Gasteiger partial charge on any atom is 0.273 e. The molecule has 1 N–H and O–H groups in total. The number of hydrogen-bond acceptors (Lipinski definition) is 5. The number of carbonyl (C=O) groups excluding carboxylic acids is 1. The van der Waals surface area contributed by atoms with E-state index < -0.39 is 0 Å². The predicted octanol–water partition coefficient (Wildman–Crippen LogP) is 5.09. The highest BCUT2D eigenvalue weighted by atomic mass is 35.5. The van der Waals surface area contributed by atoms with Crippen LogP contribution in [0.3, 0.4) is 0 Å². The molecule has 0 spiro atoms. The molecule has 1 saturated heterocycles. The van der Waals surface area contributed by atoms with Crippen molar-refractivity contribution in [1.82, 2.24) is 15.2 Å². The van der Waals surface area contributed by atoms with Crippen LogP contribution in [0.15, 0.2) is 59.2 Å². The molecule has 8 heteroatoms. The van der Waals surface area contributed by atoms with Crippen LogP contribution in [0.4, 0.5) is 0 Å². The predicted molar refractivity (Wildman–Crippen MR) is 124 cm³/mol. The van der Waals surface area contributed by atoms with Gasteiger partial charge in [-0.05, 0) is 30.0 Å². The normalized spacial score (nSPS) is 15.9. The summed E-state index contributed by atoms with van der Waals surface area (Å²) in [7, 11) is 0. The Balaban J connectivity index is 1.44. The van der Waals surface area contributed by atoms with Crippen LogP contribution in [-0.4, -0.2) is 35.0 Å². The van der Waals surface area contributed by atoms with E-state index in [1.807, 2.05) is 30.3 Å². The number of nitrogens with zero attached hydrogens (tertiary/aromatic N) is 2. The molecule has 0 unspecified atom stereocenters. The van der Waals surface area contributed by atoms with Crippen LogP contribution in [-0.2, 0) is 24.4 Å². The molecule has 4 rings (SSSR count). The van der Waals surface area contributed by atoms with Crippen LogP contribution in [0.5, 0.6) is 0 Å². The van der Waals surface area contributed by atoms with Gasteiger partial charge in [0.15, 0.2) is 5.69 Å². The fourth-order valence-electron chi connectivity index (χ4n) is 3.70. The summed E-state index contributed by atoms with van der Waals surface area (Å²) in [6.45, 7) is 2.86. The van der Waals surface area contributed by atoms with Crippen LogP contribution in [0.1, 0.15) is 40.3 Å². The summed E-state index contributed by atoms with van der Waals surface area (Å²) in [5.74, 6) is 0.198. The van der Waals surface area contributed by atoms with Gasteiger partial charge in [-0.2, -0.15) is 0 Å². The van der Waals surface area contributed by atoms with Crippen molar-refractivity contribution in [3.8, 4) is 0 Å². The summed E-state index contributed by atoms with van der Waals surface area (Å²) in [6.07, 6.45) is 3.47. The van der Waals surface area contributed by atoms with Crippen molar-refractivity contribution in [2.24, 2.45) is 0 Å². The number of amides is 1. The molecule has 0 aliphatic carbocycles. The minimum absolute atomic E-state index is 0.0779. The van der Waals surface area contributed by atoms with E-state index in [0.717, 1.165) is 30.6 Å². The van der Waals surface area contributed by atoms with E-state index in [2.05, 4.69) is 27.3 Å². The maximum absolute atomic E-state index is 12.4. The molecule has 168 valence electrons. The quantitative estimate of drug-likeness (QED) is 0.468. The van der Waals surface area contributed by atoms with E-state index in [1.54, 1.807) is 6.07 Å². The van der Waals surface area contributed by atoms with Crippen LogP contribution < -0.4 is 5.32 Å². The highest BCUT2D eigenvalue weighted by Crippen LogP contribution is 2.27. The van der Waals surface area contributed by atoms with Gasteiger partial charge in [-0.3, -0.25) is 9.69 Å².